The van der Waals surface area contributed by atoms with E-state index in [1.54, 1.807) is 4.31 Å². The van der Waals surface area contributed by atoms with Gasteiger partial charge in [0.1, 0.15) is 0 Å². The Morgan fingerprint density at radius 3 is 2.35 bits per heavy atom. The fourth-order valence-corrected chi connectivity index (χ4v) is 4.67. The molecule has 1 heterocycles. The highest BCUT2D eigenvalue weighted by Gasteiger charge is 2.27. The van der Waals surface area contributed by atoms with Crippen LogP contribution in [0.15, 0.2) is 4.99 Å². The van der Waals surface area contributed by atoms with E-state index >= 15 is 0 Å². The van der Waals surface area contributed by atoms with E-state index in [1.807, 2.05) is 6.92 Å². The molecular formula is C17H38IN5O2S. The minimum Gasteiger partial charge on any atom is -0.357 e. The molecule has 2 N–H and O–H groups in total. The van der Waals surface area contributed by atoms with E-state index in [0.29, 0.717) is 31.7 Å². The third-order valence-corrected chi connectivity index (χ3v) is 6.33. The summed E-state index contributed by atoms with van der Waals surface area (Å²) in [6.07, 6.45) is 1.74. The second-order valence-corrected chi connectivity index (χ2v) is 9.12. The Morgan fingerprint density at radius 1 is 1.19 bits per heavy atom. The van der Waals surface area contributed by atoms with Crippen LogP contribution in [0.3, 0.4) is 0 Å². The van der Waals surface area contributed by atoms with Gasteiger partial charge in [-0.25, -0.2) is 12.7 Å². The van der Waals surface area contributed by atoms with E-state index < -0.39 is 10.0 Å². The van der Waals surface area contributed by atoms with Gasteiger partial charge in [0.15, 0.2) is 5.96 Å². The molecule has 0 saturated carbocycles. The maximum Gasteiger partial charge on any atom is 0.214 e. The molecule has 0 aromatic heterocycles. The summed E-state index contributed by atoms with van der Waals surface area (Å²) in [4.78, 5) is 7.07. The van der Waals surface area contributed by atoms with Crippen molar-refractivity contribution in [3.8, 4) is 0 Å². The minimum absolute atomic E-state index is 0. The molecule has 9 heteroatoms. The van der Waals surface area contributed by atoms with Crippen molar-refractivity contribution in [1.29, 1.82) is 0 Å². The number of hydrogen-bond acceptors (Lipinski definition) is 4. The molecule has 156 valence electrons. The number of rotatable bonds is 10. The van der Waals surface area contributed by atoms with Crippen molar-refractivity contribution in [3.63, 3.8) is 0 Å². The van der Waals surface area contributed by atoms with Crippen LogP contribution < -0.4 is 10.6 Å². The number of sulfonamides is 1. The van der Waals surface area contributed by atoms with Gasteiger partial charge in [-0.3, -0.25) is 9.89 Å². The smallest absolute Gasteiger partial charge is 0.214 e. The van der Waals surface area contributed by atoms with Crippen LogP contribution in [0.1, 0.15) is 47.5 Å². The molecule has 0 spiro atoms. The van der Waals surface area contributed by atoms with Crippen LogP contribution >= 0.6 is 24.0 Å². The summed E-state index contributed by atoms with van der Waals surface area (Å²) in [5.41, 5.74) is 0. The fraction of sp³-hybridized carbons (Fsp3) is 0.941. The lowest BCUT2D eigenvalue weighted by Crippen LogP contribution is -2.42. The summed E-state index contributed by atoms with van der Waals surface area (Å²) >= 11 is 0. The average Bonchev–Trinajstić information content (AvgIpc) is 2.85. The number of nitrogens with one attached hydrogen (secondary N) is 2. The Hall–Kier alpha value is -0.130. The van der Waals surface area contributed by atoms with Crippen molar-refractivity contribution in [3.05, 3.63) is 0 Å². The Balaban J connectivity index is 0.00000625. The lowest BCUT2D eigenvalue weighted by molar-refractivity contribution is 0.174. The Morgan fingerprint density at radius 2 is 1.85 bits per heavy atom. The minimum atomic E-state index is -3.02. The van der Waals surface area contributed by atoms with E-state index in [2.05, 4.69) is 48.2 Å². The summed E-state index contributed by atoms with van der Waals surface area (Å²) < 4.78 is 25.2. The molecule has 7 nitrogen and oxygen atoms in total. The van der Waals surface area contributed by atoms with Crippen molar-refractivity contribution in [2.24, 2.45) is 4.99 Å². The zero-order chi connectivity index (χ0) is 18.9. The standard InChI is InChI=1S/C17H37N5O2S.HI/c1-6-18-17(19-9-7-12-22(15(2)3)16(4)5)20-10-13-21-11-8-14-25(21,23)24;/h15-16H,6-14H2,1-5H3,(H2,18,19,20);1H. The average molecular weight is 503 g/mol. The summed E-state index contributed by atoms with van der Waals surface area (Å²) in [6.45, 7) is 15.2. The van der Waals surface area contributed by atoms with Gasteiger partial charge in [-0.1, -0.05) is 0 Å². The van der Waals surface area contributed by atoms with Gasteiger partial charge < -0.3 is 10.6 Å². The molecule has 0 aromatic carbocycles. The number of guanidine groups is 1. The zero-order valence-corrected chi connectivity index (χ0v) is 20.1. The molecule has 0 aromatic rings. The molecular weight excluding hydrogens is 465 g/mol. The normalized spacial score (nSPS) is 17.8. The summed E-state index contributed by atoms with van der Waals surface area (Å²) in [5.74, 6) is 1.04. The predicted octanol–water partition coefficient (Wildman–Crippen LogP) is 1.70. The van der Waals surface area contributed by atoms with Crippen LogP contribution in [0.2, 0.25) is 0 Å². The van der Waals surface area contributed by atoms with Gasteiger partial charge in [-0.15, -0.1) is 24.0 Å². The van der Waals surface area contributed by atoms with E-state index in [0.717, 1.165) is 38.4 Å². The van der Waals surface area contributed by atoms with Gasteiger partial charge in [-0.05, 0) is 47.5 Å². The molecule has 26 heavy (non-hydrogen) atoms. The van der Waals surface area contributed by atoms with E-state index in [4.69, 9.17) is 0 Å². The first-order valence-corrected chi connectivity index (χ1v) is 11.1. The molecule has 0 aliphatic carbocycles. The van der Waals surface area contributed by atoms with Gasteiger partial charge in [0.25, 0.3) is 0 Å². The van der Waals surface area contributed by atoms with Gasteiger partial charge in [0.2, 0.25) is 10.0 Å². The van der Waals surface area contributed by atoms with Crippen molar-refractivity contribution in [2.45, 2.75) is 59.5 Å². The Bertz CT molecular complexity index is 503. The van der Waals surface area contributed by atoms with Crippen LogP contribution in [0.5, 0.6) is 0 Å². The van der Waals surface area contributed by atoms with Gasteiger partial charge in [0, 0.05) is 51.4 Å². The number of nitrogens with zero attached hydrogens (tertiary/aromatic N) is 3. The van der Waals surface area contributed by atoms with Crippen LogP contribution in [-0.4, -0.2) is 80.7 Å². The maximum atomic E-state index is 11.8. The first-order chi connectivity index (χ1) is 11.8. The zero-order valence-electron chi connectivity index (χ0n) is 17.0. The SMILES string of the molecule is CCNC(=NCCCN(C(C)C)C(C)C)NCCN1CCCS1(=O)=O.I. The second kappa shape index (κ2) is 13.1. The van der Waals surface area contributed by atoms with Crippen LogP contribution in [0.25, 0.3) is 0 Å². The summed E-state index contributed by atoms with van der Waals surface area (Å²) in [6, 6.07) is 1.08. The van der Waals surface area contributed by atoms with Crippen LogP contribution in [0.4, 0.5) is 0 Å². The third-order valence-electron chi connectivity index (χ3n) is 4.37. The van der Waals surface area contributed by atoms with E-state index in [-0.39, 0.29) is 29.7 Å². The lowest BCUT2D eigenvalue weighted by atomic mass is 10.2. The maximum absolute atomic E-state index is 11.8. The topological polar surface area (TPSA) is 77.0 Å². The molecule has 0 amide bonds. The summed E-state index contributed by atoms with van der Waals surface area (Å²) in [7, 11) is -3.02. The third kappa shape index (κ3) is 9.18. The van der Waals surface area contributed by atoms with Crippen LogP contribution in [-0.2, 0) is 10.0 Å². The quantitative estimate of drug-likeness (QED) is 0.206. The predicted molar refractivity (Wildman–Crippen MR) is 121 cm³/mol. The molecule has 0 atom stereocenters. The highest BCUT2D eigenvalue weighted by Crippen LogP contribution is 2.11. The number of aliphatic imine (C=N–C) groups is 1. The second-order valence-electron chi connectivity index (χ2n) is 7.03. The first kappa shape index (κ1) is 25.9. The van der Waals surface area contributed by atoms with Gasteiger partial charge in [0.05, 0.1) is 5.75 Å². The molecule has 0 unspecified atom stereocenters. The molecule has 1 fully saturated rings. The van der Waals surface area contributed by atoms with Crippen LogP contribution in [0, 0.1) is 0 Å². The Labute approximate surface area is 177 Å². The highest BCUT2D eigenvalue weighted by atomic mass is 127. The van der Waals surface area contributed by atoms with Crippen molar-refractivity contribution < 1.29 is 8.42 Å². The van der Waals surface area contributed by atoms with Gasteiger partial charge >= 0.3 is 0 Å². The van der Waals surface area contributed by atoms with Crippen molar-refractivity contribution in [2.75, 3.05) is 45.0 Å². The van der Waals surface area contributed by atoms with E-state index in [9.17, 15) is 8.42 Å². The molecule has 1 saturated heterocycles. The summed E-state index contributed by atoms with van der Waals surface area (Å²) in [5, 5.41) is 6.46. The van der Waals surface area contributed by atoms with Crippen molar-refractivity contribution in [1.82, 2.24) is 19.8 Å². The van der Waals surface area contributed by atoms with E-state index in [1.165, 1.54) is 0 Å². The molecule has 1 aliphatic heterocycles. The highest BCUT2D eigenvalue weighted by molar-refractivity contribution is 14.0. The molecule has 1 rings (SSSR count). The fourth-order valence-electron chi connectivity index (χ4n) is 3.14. The molecule has 0 bridgehead atoms. The largest absolute Gasteiger partial charge is 0.357 e. The first-order valence-electron chi connectivity index (χ1n) is 9.53. The monoisotopic (exact) mass is 503 g/mol. The van der Waals surface area contributed by atoms with Gasteiger partial charge in [-0.2, -0.15) is 0 Å². The number of halogens is 1. The Kier molecular flexibility index (Phi) is 13.0. The lowest BCUT2D eigenvalue weighted by Gasteiger charge is -2.30. The molecule has 0 radical (unpaired) electrons. The van der Waals surface area contributed by atoms with Crippen molar-refractivity contribution >= 4 is 40.0 Å². The number of hydrogen-bond donors (Lipinski definition) is 2. The molecule has 1 aliphatic rings.